The van der Waals surface area contributed by atoms with Crippen molar-refractivity contribution in [3.8, 4) is 0 Å². The highest BCUT2D eigenvalue weighted by Gasteiger charge is 2.37. The maximum absolute atomic E-state index is 14.4. The summed E-state index contributed by atoms with van der Waals surface area (Å²) in [5.74, 6) is -0.594. The van der Waals surface area contributed by atoms with Crippen LogP contribution in [0.25, 0.3) is 0 Å². The molecule has 2 aromatic rings. The van der Waals surface area contributed by atoms with Gasteiger partial charge in [-0.25, -0.2) is 4.79 Å². The first-order valence-electron chi connectivity index (χ1n) is 14.3. The van der Waals surface area contributed by atoms with E-state index in [1.54, 1.807) is 26.8 Å². The number of hydrogen-bond donors (Lipinski definition) is 2. The molecule has 1 fully saturated rings. The smallest absolute Gasteiger partial charge is 0.408 e. The Kier molecular flexibility index (Phi) is 10.9. The monoisotopic (exact) mass is 547 g/mol. The second-order valence-corrected chi connectivity index (χ2v) is 11.8. The average molecular weight is 548 g/mol. The van der Waals surface area contributed by atoms with Crippen molar-refractivity contribution in [2.45, 2.75) is 96.9 Å². The summed E-state index contributed by atoms with van der Waals surface area (Å²) in [6.07, 6.45) is 6.36. The van der Waals surface area contributed by atoms with Gasteiger partial charge in [-0.1, -0.05) is 79.4 Å². The zero-order valence-electron chi connectivity index (χ0n) is 24.7. The van der Waals surface area contributed by atoms with Gasteiger partial charge in [0.1, 0.15) is 17.7 Å². The third-order valence-corrected chi connectivity index (χ3v) is 7.11. The normalized spacial score (nSPS) is 15.4. The van der Waals surface area contributed by atoms with Gasteiger partial charge in [-0.05, 0) is 64.2 Å². The predicted octanol–water partition coefficient (Wildman–Crippen LogP) is 5.94. The summed E-state index contributed by atoms with van der Waals surface area (Å²) in [5.41, 5.74) is 2.90. The fraction of sp³-hybridized carbons (Fsp3) is 0.485. The fourth-order valence-corrected chi connectivity index (χ4v) is 5.27. The van der Waals surface area contributed by atoms with Crippen LogP contribution in [0.5, 0.6) is 0 Å². The van der Waals surface area contributed by atoms with Gasteiger partial charge >= 0.3 is 6.09 Å². The molecular formula is C33H45N3O4. The van der Waals surface area contributed by atoms with Gasteiger partial charge in [-0.2, -0.15) is 0 Å². The number of aryl methyl sites for hydroxylation is 2. The lowest BCUT2D eigenvalue weighted by Gasteiger charge is -2.36. The lowest BCUT2D eigenvalue weighted by Crippen LogP contribution is -2.54. The van der Waals surface area contributed by atoms with E-state index in [9.17, 15) is 14.4 Å². The molecule has 0 radical (unpaired) electrons. The van der Waals surface area contributed by atoms with Crippen molar-refractivity contribution in [1.29, 1.82) is 0 Å². The number of carbonyl (C=O) groups is 3. The van der Waals surface area contributed by atoms with Crippen molar-refractivity contribution in [3.63, 3.8) is 0 Å². The van der Waals surface area contributed by atoms with E-state index in [2.05, 4.69) is 17.2 Å². The molecule has 0 heterocycles. The summed E-state index contributed by atoms with van der Waals surface area (Å²) in [6.45, 7) is 13.3. The van der Waals surface area contributed by atoms with Crippen molar-refractivity contribution in [1.82, 2.24) is 15.5 Å². The highest BCUT2D eigenvalue weighted by atomic mass is 16.6. The van der Waals surface area contributed by atoms with Crippen LogP contribution in [-0.4, -0.2) is 47.0 Å². The Hall–Kier alpha value is -3.61. The van der Waals surface area contributed by atoms with Gasteiger partial charge < -0.3 is 20.3 Å². The molecule has 216 valence electrons. The molecule has 40 heavy (non-hydrogen) atoms. The summed E-state index contributed by atoms with van der Waals surface area (Å²) >= 11 is 0. The zero-order chi connectivity index (χ0) is 29.3. The van der Waals surface area contributed by atoms with Crippen LogP contribution in [0.4, 0.5) is 4.79 Å². The molecule has 7 heteroatoms. The summed E-state index contributed by atoms with van der Waals surface area (Å²) in [6, 6.07) is 13.6. The topological polar surface area (TPSA) is 87.7 Å². The second kappa shape index (κ2) is 14.1. The van der Waals surface area contributed by atoms with Gasteiger partial charge in [0.15, 0.2) is 0 Å². The summed E-state index contributed by atoms with van der Waals surface area (Å²) in [7, 11) is 0. The highest BCUT2D eigenvalue weighted by Crippen LogP contribution is 2.28. The number of rotatable bonds is 10. The molecule has 2 N–H and O–H groups in total. The number of nitrogens with zero attached hydrogens (tertiary/aromatic N) is 1. The minimum atomic E-state index is -0.951. The first-order valence-corrected chi connectivity index (χ1v) is 14.3. The van der Waals surface area contributed by atoms with Gasteiger partial charge in [0, 0.05) is 19.0 Å². The van der Waals surface area contributed by atoms with E-state index in [4.69, 9.17) is 4.74 Å². The maximum atomic E-state index is 14.4. The molecule has 2 aromatic carbocycles. The van der Waals surface area contributed by atoms with Crippen molar-refractivity contribution >= 4 is 17.9 Å². The van der Waals surface area contributed by atoms with E-state index in [1.165, 1.54) is 11.3 Å². The van der Waals surface area contributed by atoms with Crippen molar-refractivity contribution in [2.75, 3.05) is 6.54 Å². The summed E-state index contributed by atoms with van der Waals surface area (Å²) < 4.78 is 5.50. The van der Waals surface area contributed by atoms with Crippen LogP contribution in [0, 0.1) is 13.8 Å². The SMILES string of the molecule is C=CCN(C(=O)C(Cc1ccccc1)NC(=O)OC(C)(C)C)C(C(=O)NC1CCCCC1)c1ccc(C)cc1C. The maximum Gasteiger partial charge on any atom is 0.408 e. The van der Waals surface area contributed by atoms with Crippen LogP contribution in [0.3, 0.4) is 0 Å². The van der Waals surface area contributed by atoms with Gasteiger partial charge in [-0.3, -0.25) is 9.59 Å². The van der Waals surface area contributed by atoms with E-state index in [1.807, 2.05) is 62.4 Å². The van der Waals surface area contributed by atoms with E-state index in [0.29, 0.717) is 0 Å². The molecule has 1 aliphatic carbocycles. The molecular weight excluding hydrogens is 502 g/mol. The van der Waals surface area contributed by atoms with Crippen LogP contribution < -0.4 is 10.6 Å². The quantitative estimate of drug-likeness (QED) is 0.360. The fourth-order valence-electron chi connectivity index (χ4n) is 5.27. The largest absolute Gasteiger partial charge is 0.444 e. The van der Waals surface area contributed by atoms with Crippen LogP contribution in [-0.2, 0) is 20.7 Å². The van der Waals surface area contributed by atoms with Crippen molar-refractivity contribution < 1.29 is 19.1 Å². The summed E-state index contributed by atoms with van der Waals surface area (Å²) in [5, 5.41) is 6.03. The number of benzene rings is 2. The van der Waals surface area contributed by atoms with Crippen molar-refractivity contribution in [3.05, 3.63) is 83.4 Å². The molecule has 0 bridgehead atoms. The molecule has 3 amide bonds. The Morgan fingerprint density at radius 1 is 1.05 bits per heavy atom. The third kappa shape index (κ3) is 8.97. The molecule has 2 atom stereocenters. The predicted molar refractivity (Wildman–Crippen MR) is 159 cm³/mol. The van der Waals surface area contributed by atoms with Crippen LogP contribution in [0.2, 0.25) is 0 Å². The Labute approximate surface area is 239 Å². The molecule has 1 aliphatic rings. The number of ether oxygens (including phenoxy) is 1. The minimum absolute atomic E-state index is 0.0789. The van der Waals surface area contributed by atoms with Crippen LogP contribution in [0.1, 0.15) is 81.2 Å². The number of carbonyl (C=O) groups excluding carboxylic acids is 3. The Morgan fingerprint density at radius 3 is 2.33 bits per heavy atom. The highest BCUT2D eigenvalue weighted by molar-refractivity contribution is 5.92. The van der Waals surface area contributed by atoms with E-state index < -0.39 is 23.8 Å². The minimum Gasteiger partial charge on any atom is -0.444 e. The number of alkyl carbamates (subject to hydrolysis) is 1. The summed E-state index contributed by atoms with van der Waals surface area (Å²) in [4.78, 5) is 42.8. The van der Waals surface area contributed by atoms with E-state index >= 15 is 0 Å². The van der Waals surface area contributed by atoms with Gasteiger partial charge in [0.2, 0.25) is 11.8 Å². The van der Waals surface area contributed by atoms with Gasteiger partial charge in [-0.15, -0.1) is 6.58 Å². The standard InChI is InChI=1S/C33H45N3O4/c1-7-20-36(31(38)28(22-25-14-10-8-11-15-25)35-32(39)40-33(4,5)6)29(27-19-18-23(2)21-24(27)3)30(37)34-26-16-12-9-13-17-26/h7-8,10-11,14-15,18-19,21,26,28-29H,1,9,12-13,16-17,20,22H2,2-6H3,(H,34,37)(H,35,39). The lowest BCUT2D eigenvalue weighted by molar-refractivity contribution is -0.142. The molecule has 0 saturated heterocycles. The molecule has 7 nitrogen and oxygen atoms in total. The molecule has 3 rings (SSSR count). The van der Waals surface area contributed by atoms with Crippen LogP contribution in [0.15, 0.2) is 61.2 Å². The number of nitrogens with one attached hydrogen (secondary N) is 2. The first-order chi connectivity index (χ1) is 19.0. The number of amides is 3. The molecule has 0 spiro atoms. The Bertz CT molecular complexity index is 1170. The first kappa shape index (κ1) is 30.9. The third-order valence-electron chi connectivity index (χ3n) is 7.11. The molecule has 0 aliphatic heterocycles. The lowest BCUT2D eigenvalue weighted by atomic mass is 9.93. The molecule has 1 saturated carbocycles. The van der Waals surface area contributed by atoms with E-state index in [0.717, 1.165) is 47.9 Å². The average Bonchev–Trinajstić information content (AvgIpc) is 2.89. The van der Waals surface area contributed by atoms with E-state index in [-0.39, 0.29) is 30.8 Å². The Morgan fingerprint density at radius 2 is 1.73 bits per heavy atom. The van der Waals surface area contributed by atoms with Gasteiger partial charge in [0.05, 0.1) is 0 Å². The molecule has 2 unspecified atom stereocenters. The van der Waals surface area contributed by atoms with Crippen molar-refractivity contribution in [2.24, 2.45) is 0 Å². The van der Waals surface area contributed by atoms with Crippen LogP contribution >= 0.6 is 0 Å². The van der Waals surface area contributed by atoms with Gasteiger partial charge in [0.25, 0.3) is 0 Å². The zero-order valence-corrected chi connectivity index (χ0v) is 24.7. The number of hydrogen-bond acceptors (Lipinski definition) is 4. The second-order valence-electron chi connectivity index (χ2n) is 11.8. The molecule has 0 aromatic heterocycles. The Balaban J connectivity index is 2.01.